The highest BCUT2D eigenvalue weighted by Gasteiger charge is 2.24. The molecule has 1 aromatic heterocycles. The lowest BCUT2D eigenvalue weighted by Gasteiger charge is -2.12. The van der Waals surface area contributed by atoms with E-state index >= 15 is 0 Å². The van der Waals surface area contributed by atoms with Crippen molar-refractivity contribution in [3.8, 4) is 16.9 Å². The first-order chi connectivity index (χ1) is 12.0. The summed E-state index contributed by atoms with van der Waals surface area (Å²) in [6, 6.07) is 13.9. The first-order valence-corrected chi connectivity index (χ1v) is 8.89. The second kappa shape index (κ2) is 6.28. The molecule has 1 aliphatic heterocycles. The molecule has 0 amide bonds. The van der Waals surface area contributed by atoms with Gasteiger partial charge in [-0.25, -0.2) is 4.68 Å². The third-order valence-corrected chi connectivity index (χ3v) is 4.98. The molecule has 0 radical (unpaired) electrons. The van der Waals surface area contributed by atoms with E-state index in [-0.39, 0.29) is 0 Å². The molecule has 128 valence electrons. The van der Waals surface area contributed by atoms with Crippen LogP contribution in [-0.4, -0.2) is 30.4 Å². The van der Waals surface area contributed by atoms with E-state index < -0.39 is 0 Å². The zero-order chi connectivity index (χ0) is 17.6. The summed E-state index contributed by atoms with van der Waals surface area (Å²) in [7, 11) is 4.07. The normalized spacial score (nSPS) is 12.8. The van der Waals surface area contributed by atoms with Gasteiger partial charge in [0, 0.05) is 42.5 Å². The van der Waals surface area contributed by atoms with Crippen LogP contribution in [0.5, 0.6) is 0 Å². The highest BCUT2D eigenvalue weighted by Crippen LogP contribution is 2.37. The lowest BCUT2D eigenvalue weighted by atomic mass is 10.1. The zero-order valence-electron chi connectivity index (χ0n) is 14.1. The number of rotatable bonds is 3. The first kappa shape index (κ1) is 16.3. The molecule has 0 spiro atoms. The van der Waals surface area contributed by atoms with Crippen molar-refractivity contribution in [2.24, 2.45) is 0 Å². The summed E-state index contributed by atoms with van der Waals surface area (Å²) < 4.78 is 1.89. The number of benzene rings is 2. The number of hydrogen-bond donors (Lipinski definition) is 1. The van der Waals surface area contributed by atoms with E-state index in [0.717, 1.165) is 35.7 Å². The SMILES string of the molecule is CN(C)c1ccc(-c2nn(-c3ccc(Cl)cc3Cl)c3c2CCN3)cc1. The molecule has 0 unspecified atom stereocenters. The molecule has 0 atom stereocenters. The quantitative estimate of drug-likeness (QED) is 0.710. The Labute approximate surface area is 157 Å². The van der Waals surface area contributed by atoms with Gasteiger partial charge in [-0.1, -0.05) is 35.3 Å². The van der Waals surface area contributed by atoms with Gasteiger partial charge in [0.05, 0.1) is 16.4 Å². The lowest BCUT2D eigenvalue weighted by Crippen LogP contribution is -2.08. The van der Waals surface area contributed by atoms with E-state index in [1.165, 1.54) is 11.3 Å². The van der Waals surface area contributed by atoms with Gasteiger partial charge in [0.1, 0.15) is 5.82 Å². The van der Waals surface area contributed by atoms with Crippen LogP contribution in [0.1, 0.15) is 5.56 Å². The van der Waals surface area contributed by atoms with Crippen molar-refractivity contribution in [2.75, 3.05) is 30.9 Å². The molecular formula is C19H18Cl2N4. The van der Waals surface area contributed by atoms with Gasteiger partial charge in [-0.05, 0) is 36.8 Å². The van der Waals surface area contributed by atoms with Crippen molar-refractivity contribution < 1.29 is 0 Å². The van der Waals surface area contributed by atoms with Gasteiger partial charge in [0.15, 0.2) is 0 Å². The topological polar surface area (TPSA) is 33.1 Å². The third kappa shape index (κ3) is 2.86. The fraction of sp³-hybridized carbons (Fsp3) is 0.211. The molecule has 1 N–H and O–H groups in total. The summed E-state index contributed by atoms with van der Waals surface area (Å²) in [4.78, 5) is 2.09. The van der Waals surface area contributed by atoms with Crippen LogP contribution in [0.3, 0.4) is 0 Å². The molecular weight excluding hydrogens is 355 g/mol. The Morgan fingerprint density at radius 3 is 2.52 bits per heavy atom. The largest absolute Gasteiger partial charge is 0.378 e. The van der Waals surface area contributed by atoms with Crippen LogP contribution >= 0.6 is 23.2 Å². The smallest absolute Gasteiger partial charge is 0.133 e. The molecule has 25 heavy (non-hydrogen) atoms. The average Bonchev–Trinajstić information content (AvgIpc) is 3.18. The molecule has 0 bridgehead atoms. The molecule has 3 aromatic rings. The molecule has 4 rings (SSSR count). The fourth-order valence-electron chi connectivity index (χ4n) is 3.15. The molecule has 1 aliphatic rings. The Bertz CT molecular complexity index is 929. The van der Waals surface area contributed by atoms with Gasteiger partial charge >= 0.3 is 0 Å². The van der Waals surface area contributed by atoms with E-state index in [0.29, 0.717) is 10.0 Å². The number of fused-ring (bicyclic) bond motifs is 1. The summed E-state index contributed by atoms with van der Waals surface area (Å²) in [5.74, 6) is 1.01. The fourth-order valence-corrected chi connectivity index (χ4v) is 3.64. The van der Waals surface area contributed by atoms with E-state index in [2.05, 4.69) is 34.5 Å². The summed E-state index contributed by atoms with van der Waals surface area (Å²) in [5, 5.41) is 9.48. The molecule has 2 aromatic carbocycles. The summed E-state index contributed by atoms with van der Waals surface area (Å²) in [5.41, 5.74) is 5.32. The molecule has 4 nitrogen and oxygen atoms in total. The molecule has 0 fully saturated rings. The van der Waals surface area contributed by atoms with Crippen molar-refractivity contribution in [3.63, 3.8) is 0 Å². The van der Waals surface area contributed by atoms with E-state index in [4.69, 9.17) is 28.3 Å². The lowest BCUT2D eigenvalue weighted by molar-refractivity contribution is 0.882. The van der Waals surface area contributed by atoms with Crippen LogP contribution < -0.4 is 10.2 Å². The van der Waals surface area contributed by atoms with Crippen LogP contribution in [0, 0.1) is 0 Å². The molecule has 0 saturated carbocycles. The van der Waals surface area contributed by atoms with Gasteiger partial charge < -0.3 is 10.2 Å². The van der Waals surface area contributed by atoms with E-state index in [1.54, 1.807) is 6.07 Å². The van der Waals surface area contributed by atoms with Crippen molar-refractivity contribution in [3.05, 3.63) is 58.1 Å². The van der Waals surface area contributed by atoms with Crippen LogP contribution in [-0.2, 0) is 6.42 Å². The van der Waals surface area contributed by atoms with Gasteiger partial charge in [0.25, 0.3) is 0 Å². The number of aromatic nitrogens is 2. The minimum Gasteiger partial charge on any atom is -0.378 e. The second-order valence-electron chi connectivity index (χ2n) is 6.30. The number of hydrogen-bond acceptors (Lipinski definition) is 3. The standard InChI is InChI=1S/C19H18Cl2N4/c1-24(2)14-6-3-12(4-7-14)18-15-9-10-22-19(15)25(23-18)17-8-5-13(20)11-16(17)21/h3-8,11,22H,9-10H2,1-2H3. The van der Waals surface area contributed by atoms with Gasteiger partial charge in [0.2, 0.25) is 0 Å². The first-order valence-electron chi connectivity index (χ1n) is 8.13. The monoisotopic (exact) mass is 372 g/mol. The van der Waals surface area contributed by atoms with Crippen molar-refractivity contribution in [2.45, 2.75) is 6.42 Å². The van der Waals surface area contributed by atoms with Gasteiger partial charge in [-0.3, -0.25) is 0 Å². The highest BCUT2D eigenvalue weighted by atomic mass is 35.5. The van der Waals surface area contributed by atoms with Crippen molar-refractivity contribution >= 4 is 34.7 Å². The van der Waals surface area contributed by atoms with Crippen molar-refractivity contribution in [1.82, 2.24) is 9.78 Å². The molecule has 0 aliphatic carbocycles. The minimum atomic E-state index is 0.584. The van der Waals surface area contributed by atoms with Crippen LogP contribution in [0.4, 0.5) is 11.5 Å². The summed E-state index contributed by atoms with van der Waals surface area (Å²) in [6.07, 6.45) is 0.950. The van der Waals surface area contributed by atoms with Crippen molar-refractivity contribution in [1.29, 1.82) is 0 Å². The van der Waals surface area contributed by atoms with Crippen LogP contribution in [0.2, 0.25) is 10.0 Å². The van der Waals surface area contributed by atoms with Crippen LogP contribution in [0.25, 0.3) is 16.9 Å². The molecule has 2 heterocycles. The number of halogens is 2. The summed E-state index contributed by atoms with van der Waals surface area (Å²) >= 11 is 12.4. The number of anilines is 2. The summed E-state index contributed by atoms with van der Waals surface area (Å²) in [6.45, 7) is 0.904. The van der Waals surface area contributed by atoms with Gasteiger partial charge in [-0.15, -0.1) is 0 Å². The predicted octanol–water partition coefficient (Wildman–Crippen LogP) is 4.88. The van der Waals surface area contributed by atoms with E-state index in [9.17, 15) is 0 Å². The Morgan fingerprint density at radius 1 is 1.08 bits per heavy atom. The zero-order valence-corrected chi connectivity index (χ0v) is 15.6. The Morgan fingerprint density at radius 2 is 1.84 bits per heavy atom. The average molecular weight is 373 g/mol. The Balaban J connectivity index is 1.83. The third-order valence-electron chi connectivity index (χ3n) is 4.45. The maximum Gasteiger partial charge on any atom is 0.133 e. The minimum absolute atomic E-state index is 0.584. The molecule has 0 saturated heterocycles. The Kier molecular flexibility index (Phi) is 4.10. The highest BCUT2D eigenvalue weighted by molar-refractivity contribution is 6.35. The van der Waals surface area contributed by atoms with E-state index in [1.807, 2.05) is 30.9 Å². The van der Waals surface area contributed by atoms with Gasteiger partial charge in [-0.2, -0.15) is 5.10 Å². The maximum absolute atomic E-state index is 6.40. The second-order valence-corrected chi connectivity index (χ2v) is 7.15. The van der Waals surface area contributed by atoms with Crippen LogP contribution in [0.15, 0.2) is 42.5 Å². The molecule has 6 heteroatoms. The maximum atomic E-state index is 6.40. The Hall–Kier alpha value is -2.17. The predicted molar refractivity (Wildman–Crippen MR) is 106 cm³/mol. The number of nitrogens with one attached hydrogen (secondary N) is 1. The number of nitrogens with zero attached hydrogens (tertiary/aromatic N) is 3.